The number of hydrogen-bond donors (Lipinski definition) is 0. The highest BCUT2D eigenvalue weighted by Gasteiger charge is 2.51. The molecule has 0 fully saturated rings. The van der Waals surface area contributed by atoms with Crippen molar-refractivity contribution in [2.24, 2.45) is 0 Å². The van der Waals surface area contributed by atoms with Gasteiger partial charge in [-0.15, -0.1) is 4.52 Å². The van der Waals surface area contributed by atoms with Gasteiger partial charge in [0.25, 0.3) is 10.6 Å². The Morgan fingerprint density at radius 2 is 1.83 bits per heavy atom. The molecule has 2 rings (SSSR count). The molecule has 0 aliphatic rings. The van der Waals surface area contributed by atoms with Crippen LogP contribution in [0.5, 0.6) is 5.75 Å². The van der Waals surface area contributed by atoms with E-state index in [1.54, 1.807) is 68.3 Å². The number of aromatic nitrogens is 2. The highest BCUT2D eigenvalue weighted by Crippen LogP contribution is 2.62. The Morgan fingerprint density at radius 3 is 2.34 bits per heavy atom. The molecule has 0 aliphatic carbocycles. The van der Waals surface area contributed by atoms with Crippen LogP contribution in [0.3, 0.4) is 0 Å². The maximum atomic E-state index is 13.2. The number of thiocarbonyl (C=S) groups is 1. The molecule has 29 heavy (non-hydrogen) atoms. The second-order valence-electron chi connectivity index (χ2n) is 5.75. The number of rotatable bonds is 11. The minimum absolute atomic E-state index is 0.182. The lowest BCUT2D eigenvalue weighted by Gasteiger charge is -2.19. The Bertz CT molecular complexity index is 835. The van der Waals surface area contributed by atoms with Crippen molar-refractivity contribution in [1.29, 1.82) is 0 Å². The maximum absolute atomic E-state index is 13.2. The van der Waals surface area contributed by atoms with Gasteiger partial charge in [-0.1, -0.05) is 12.1 Å². The molecule has 0 saturated heterocycles. The molecule has 1 heterocycles. The van der Waals surface area contributed by atoms with E-state index >= 15 is 0 Å². The van der Waals surface area contributed by atoms with E-state index in [-0.39, 0.29) is 31.4 Å². The summed E-state index contributed by atoms with van der Waals surface area (Å²) in [4.78, 5) is 3.92. The van der Waals surface area contributed by atoms with Crippen LogP contribution in [-0.4, -0.2) is 39.9 Å². The third-order valence-corrected chi connectivity index (χ3v) is 8.78. The largest absolute Gasteiger partial charge is 0.524 e. The fourth-order valence-corrected chi connectivity index (χ4v) is 6.60. The number of imidazole rings is 1. The zero-order valence-electron chi connectivity index (χ0n) is 16.6. The predicted octanol–water partition coefficient (Wildman–Crippen LogP) is 5.01. The van der Waals surface area contributed by atoms with E-state index in [4.69, 9.17) is 30.5 Å². The first-order chi connectivity index (χ1) is 13.9. The van der Waals surface area contributed by atoms with Gasteiger partial charge < -0.3 is 13.8 Å². The molecule has 2 atom stereocenters. The van der Waals surface area contributed by atoms with Crippen molar-refractivity contribution in [2.75, 3.05) is 19.8 Å². The Morgan fingerprint density at radius 1 is 1.17 bits per heavy atom. The van der Waals surface area contributed by atoms with Crippen molar-refractivity contribution in [2.45, 2.75) is 32.6 Å². The highest BCUT2D eigenvalue weighted by molar-refractivity contribution is 7.80. The minimum atomic E-state index is -3.62. The molecule has 0 radical (unpaired) electrons. The normalized spacial score (nSPS) is 13.1. The first-order valence-electron chi connectivity index (χ1n) is 9.20. The highest BCUT2D eigenvalue weighted by atomic mass is 32.1. The molecule has 0 spiro atoms. The summed E-state index contributed by atoms with van der Waals surface area (Å²) in [5.41, 5.74) is 0.790. The van der Waals surface area contributed by atoms with Crippen LogP contribution in [0.4, 0.5) is 0 Å². The Hall–Kier alpha value is -1.47. The van der Waals surface area contributed by atoms with E-state index in [9.17, 15) is 9.13 Å². The summed E-state index contributed by atoms with van der Waals surface area (Å²) in [6.07, 6.45) is 5.04. The van der Waals surface area contributed by atoms with Crippen LogP contribution in [-0.2, 0) is 29.1 Å². The first kappa shape index (κ1) is 23.8. The summed E-state index contributed by atoms with van der Waals surface area (Å²) in [6, 6.07) is 7.04. The van der Waals surface area contributed by atoms with Crippen LogP contribution in [0.15, 0.2) is 43.0 Å². The summed E-state index contributed by atoms with van der Waals surface area (Å²) in [5.74, 6) is 0.538. The van der Waals surface area contributed by atoms with E-state index in [2.05, 4.69) is 4.98 Å². The Kier molecular flexibility index (Phi) is 9.56. The van der Waals surface area contributed by atoms with Crippen LogP contribution in [0.2, 0.25) is 0 Å². The van der Waals surface area contributed by atoms with Gasteiger partial charge in [-0.3, -0.25) is 9.13 Å². The van der Waals surface area contributed by atoms with E-state index < -0.39 is 21.0 Å². The zero-order chi connectivity index (χ0) is 21.3. The number of nitrogens with zero attached hydrogens (tertiary/aromatic N) is 2. The van der Waals surface area contributed by atoms with Crippen molar-refractivity contribution in [3.63, 3.8) is 0 Å². The fraction of sp³-hybridized carbons (Fsp3) is 0.444. The van der Waals surface area contributed by atoms with Gasteiger partial charge in [-0.25, -0.2) is 4.98 Å². The molecular formula is C18H25N2O6P2S+. The molecule has 2 aromatic rings. The van der Waals surface area contributed by atoms with Crippen LogP contribution in [0.25, 0.3) is 0 Å². The van der Waals surface area contributed by atoms with Crippen LogP contribution < -0.4 is 4.74 Å². The quantitative estimate of drug-likeness (QED) is 0.342. The standard InChI is InChI=1S/C18H25N2O6P2S/c1-4-23-27(21)17(28(22,24-5-2)25-6-3)13-15-7-9-16(10-8-15)26-18(29)20-12-11-19-14-20/h7-12,14,17H,4-6,13H2,1-3H3/q+1. The SMILES string of the molecule is CCO[P+](=O)C(Cc1ccc(OC(=S)n2ccnc2)cc1)P(=O)(OCC)OCC. The summed E-state index contributed by atoms with van der Waals surface area (Å²) < 4.78 is 49.1. The van der Waals surface area contributed by atoms with Gasteiger partial charge in [0.05, 0.1) is 19.8 Å². The second-order valence-corrected chi connectivity index (χ2v) is 10.2. The summed E-state index contributed by atoms with van der Waals surface area (Å²) >= 11 is 5.20. The third kappa shape index (κ3) is 6.78. The lowest BCUT2D eigenvalue weighted by Crippen LogP contribution is -2.15. The Labute approximate surface area is 176 Å². The van der Waals surface area contributed by atoms with E-state index in [0.717, 1.165) is 5.56 Å². The fourth-order valence-electron chi connectivity index (χ4n) is 2.51. The molecule has 8 nitrogen and oxygen atoms in total. The third-order valence-electron chi connectivity index (χ3n) is 3.74. The molecule has 11 heteroatoms. The van der Waals surface area contributed by atoms with E-state index in [0.29, 0.717) is 5.75 Å². The molecular weight excluding hydrogens is 434 g/mol. The van der Waals surface area contributed by atoms with Crippen molar-refractivity contribution in [3.05, 3.63) is 48.5 Å². The van der Waals surface area contributed by atoms with Gasteiger partial charge >= 0.3 is 15.6 Å². The lowest BCUT2D eigenvalue weighted by molar-refractivity contribution is 0.215. The van der Waals surface area contributed by atoms with Gasteiger partial charge in [-0.2, -0.15) is 0 Å². The molecule has 0 aliphatic heterocycles. The summed E-state index contributed by atoms with van der Waals surface area (Å²) in [7, 11) is -5.87. The number of benzene rings is 1. The monoisotopic (exact) mass is 459 g/mol. The van der Waals surface area contributed by atoms with Crippen LogP contribution >= 0.6 is 27.8 Å². The molecule has 1 aromatic carbocycles. The maximum Gasteiger partial charge on any atom is 0.524 e. The average Bonchev–Trinajstić information content (AvgIpc) is 3.23. The van der Waals surface area contributed by atoms with Gasteiger partial charge in [0, 0.05) is 18.8 Å². The molecule has 1 aromatic heterocycles. The topological polar surface area (TPSA) is 88.9 Å². The van der Waals surface area contributed by atoms with Crippen molar-refractivity contribution < 1.29 is 27.4 Å². The number of ether oxygens (including phenoxy) is 1. The van der Waals surface area contributed by atoms with E-state index in [1.807, 2.05) is 0 Å². The molecule has 0 N–H and O–H groups in total. The second kappa shape index (κ2) is 11.6. The zero-order valence-corrected chi connectivity index (χ0v) is 19.2. The molecule has 158 valence electrons. The summed E-state index contributed by atoms with van der Waals surface area (Å²) in [6.45, 7) is 5.76. The van der Waals surface area contributed by atoms with Crippen LogP contribution in [0, 0.1) is 0 Å². The lowest BCUT2D eigenvalue weighted by atomic mass is 10.2. The van der Waals surface area contributed by atoms with Gasteiger partial charge in [0.15, 0.2) is 0 Å². The number of hydrogen-bond acceptors (Lipinski definition) is 8. The molecule has 0 amide bonds. The van der Waals surface area contributed by atoms with Gasteiger partial charge in [-0.05, 0) is 55.3 Å². The molecule has 0 saturated carbocycles. The average molecular weight is 459 g/mol. The minimum Gasteiger partial charge on any atom is -0.431 e. The van der Waals surface area contributed by atoms with Gasteiger partial charge in [0.1, 0.15) is 12.1 Å². The van der Waals surface area contributed by atoms with Gasteiger partial charge in [0.2, 0.25) is 0 Å². The van der Waals surface area contributed by atoms with Crippen molar-refractivity contribution in [1.82, 2.24) is 9.55 Å². The smallest absolute Gasteiger partial charge is 0.431 e. The molecule has 2 unspecified atom stereocenters. The van der Waals surface area contributed by atoms with E-state index in [1.165, 1.54) is 0 Å². The van der Waals surface area contributed by atoms with Crippen LogP contribution in [0.1, 0.15) is 26.3 Å². The first-order valence-corrected chi connectivity index (χ1v) is 12.5. The van der Waals surface area contributed by atoms with Crippen molar-refractivity contribution >= 4 is 33.0 Å². The van der Waals surface area contributed by atoms with Crippen molar-refractivity contribution in [3.8, 4) is 5.75 Å². The Balaban J connectivity index is 2.16. The summed E-state index contributed by atoms with van der Waals surface area (Å²) in [5, 5.41) is -0.666. The predicted molar refractivity (Wildman–Crippen MR) is 115 cm³/mol. The molecule has 0 bridgehead atoms.